The van der Waals surface area contributed by atoms with Gasteiger partial charge in [-0.3, -0.25) is 9.59 Å². The van der Waals surface area contributed by atoms with E-state index >= 15 is 0 Å². The van der Waals surface area contributed by atoms with E-state index in [1.807, 2.05) is 20.8 Å². The summed E-state index contributed by atoms with van der Waals surface area (Å²) in [6, 6.07) is 2.12. The summed E-state index contributed by atoms with van der Waals surface area (Å²) >= 11 is 0. The highest BCUT2D eigenvalue weighted by Crippen LogP contribution is 2.28. The van der Waals surface area contributed by atoms with Gasteiger partial charge in [-0.1, -0.05) is 13.8 Å². The molecule has 0 bridgehead atoms. The third-order valence-corrected chi connectivity index (χ3v) is 3.32. The van der Waals surface area contributed by atoms with Crippen molar-refractivity contribution in [3.8, 4) is 6.07 Å². The number of hydrogen-bond acceptors (Lipinski definition) is 3. The highest BCUT2D eigenvalue weighted by Gasteiger charge is 2.38. The van der Waals surface area contributed by atoms with Crippen molar-refractivity contribution in [2.45, 2.75) is 33.6 Å². The van der Waals surface area contributed by atoms with Crippen LogP contribution in [0.3, 0.4) is 0 Å². The fraction of sp³-hybridized carbons (Fsp3) is 0.769. The first kappa shape index (κ1) is 16.4. The van der Waals surface area contributed by atoms with Crippen molar-refractivity contribution in [1.82, 2.24) is 9.80 Å². The smallest absolute Gasteiger partial charge is 0.243 e. The van der Waals surface area contributed by atoms with Gasteiger partial charge in [0, 0.05) is 20.6 Å². The minimum atomic E-state index is -0.997. The van der Waals surface area contributed by atoms with E-state index in [0.717, 1.165) is 0 Å². The van der Waals surface area contributed by atoms with Crippen LogP contribution in [0, 0.1) is 16.7 Å². The van der Waals surface area contributed by atoms with Gasteiger partial charge in [0.15, 0.2) is 0 Å². The van der Waals surface area contributed by atoms with Gasteiger partial charge in [-0.15, -0.1) is 0 Å². The highest BCUT2D eigenvalue weighted by molar-refractivity contribution is 5.89. The van der Waals surface area contributed by atoms with Gasteiger partial charge >= 0.3 is 0 Å². The van der Waals surface area contributed by atoms with Crippen LogP contribution >= 0.6 is 0 Å². The molecule has 0 aliphatic carbocycles. The van der Waals surface area contributed by atoms with Gasteiger partial charge in [0.1, 0.15) is 5.41 Å². The van der Waals surface area contributed by atoms with Crippen molar-refractivity contribution < 1.29 is 9.59 Å². The van der Waals surface area contributed by atoms with Crippen LogP contribution in [-0.2, 0) is 9.59 Å². The summed E-state index contributed by atoms with van der Waals surface area (Å²) < 4.78 is 0. The van der Waals surface area contributed by atoms with Crippen LogP contribution < -0.4 is 0 Å². The van der Waals surface area contributed by atoms with Gasteiger partial charge in [-0.25, -0.2) is 0 Å². The zero-order valence-corrected chi connectivity index (χ0v) is 12.0. The van der Waals surface area contributed by atoms with Crippen LogP contribution in [0.1, 0.15) is 33.6 Å². The first-order valence-electron chi connectivity index (χ1n) is 6.29. The Balaban J connectivity index is 5.02. The molecule has 18 heavy (non-hydrogen) atoms. The summed E-state index contributed by atoms with van der Waals surface area (Å²) in [7, 11) is 3.30. The Morgan fingerprint density at radius 1 is 1.17 bits per heavy atom. The number of carbonyl (C=O) groups excluding carboxylic acids is 2. The van der Waals surface area contributed by atoms with Gasteiger partial charge in [-0.2, -0.15) is 5.26 Å². The van der Waals surface area contributed by atoms with Crippen LogP contribution in [0.5, 0.6) is 0 Å². The Bertz CT molecular complexity index is 341. The first-order chi connectivity index (χ1) is 8.38. The molecule has 2 amide bonds. The minimum Gasteiger partial charge on any atom is -0.347 e. The Labute approximate surface area is 109 Å². The molecule has 102 valence electrons. The monoisotopic (exact) mass is 253 g/mol. The molecule has 0 aromatic rings. The molecule has 0 fully saturated rings. The zero-order chi connectivity index (χ0) is 14.3. The molecule has 0 spiro atoms. The number of likely N-dealkylation sites (N-methyl/N-ethyl adjacent to an activating group) is 2. The zero-order valence-electron chi connectivity index (χ0n) is 12.0. The van der Waals surface area contributed by atoms with Gasteiger partial charge in [0.05, 0.1) is 12.6 Å². The molecule has 0 aliphatic heterocycles. The maximum absolute atomic E-state index is 12.4. The number of carbonyl (C=O) groups is 2. The van der Waals surface area contributed by atoms with E-state index in [4.69, 9.17) is 0 Å². The molecule has 5 heteroatoms. The third-order valence-electron chi connectivity index (χ3n) is 3.32. The Morgan fingerprint density at radius 3 is 1.94 bits per heavy atom. The van der Waals surface area contributed by atoms with Crippen molar-refractivity contribution >= 4 is 11.8 Å². The average Bonchev–Trinajstić information content (AvgIpc) is 2.37. The molecule has 0 aromatic carbocycles. The number of nitrogens with zero attached hydrogens (tertiary/aromatic N) is 3. The van der Waals surface area contributed by atoms with E-state index in [1.165, 1.54) is 9.80 Å². The first-order valence-corrected chi connectivity index (χ1v) is 6.29. The van der Waals surface area contributed by atoms with Gasteiger partial charge in [0.25, 0.3) is 0 Å². The molecule has 0 saturated heterocycles. The summed E-state index contributed by atoms with van der Waals surface area (Å²) in [4.78, 5) is 26.9. The second-order valence-corrected chi connectivity index (χ2v) is 4.51. The summed E-state index contributed by atoms with van der Waals surface area (Å²) in [6.45, 7) is 5.93. The molecule has 0 rings (SSSR count). The van der Waals surface area contributed by atoms with Crippen molar-refractivity contribution in [1.29, 1.82) is 5.26 Å². The normalized spacial score (nSPS) is 10.7. The molecule has 0 aromatic heterocycles. The lowest BCUT2D eigenvalue weighted by Gasteiger charge is -2.30. The molecule has 0 unspecified atom stereocenters. The Hall–Kier alpha value is -1.57. The SMILES string of the molecule is CCN(CC(=O)N(C)C)C(=O)C(C#N)(CC)CC. The second kappa shape index (κ2) is 7.00. The lowest BCUT2D eigenvalue weighted by molar-refractivity contribution is -0.144. The number of rotatable bonds is 6. The quantitative estimate of drug-likeness (QED) is 0.715. The molecular weight excluding hydrogens is 230 g/mol. The number of nitriles is 1. The third kappa shape index (κ3) is 3.46. The average molecular weight is 253 g/mol. The second-order valence-electron chi connectivity index (χ2n) is 4.51. The molecule has 0 aliphatic rings. The summed E-state index contributed by atoms with van der Waals surface area (Å²) in [5.74, 6) is -0.378. The van der Waals surface area contributed by atoms with Crippen molar-refractivity contribution in [3.05, 3.63) is 0 Å². The van der Waals surface area contributed by atoms with Crippen LogP contribution in [-0.4, -0.2) is 48.8 Å². The van der Waals surface area contributed by atoms with Crippen LogP contribution in [0.2, 0.25) is 0 Å². The predicted octanol–water partition coefficient (Wildman–Crippen LogP) is 1.25. The van der Waals surface area contributed by atoms with E-state index in [-0.39, 0.29) is 18.4 Å². The van der Waals surface area contributed by atoms with Gasteiger partial charge < -0.3 is 9.80 Å². The molecule has 5 nitrogen and oxygen atoms in total. The molecule has 0 heterocycles. The van der Waals surface area contributed by atoms with E-state index < -0.39 is 5.41 Å². The molecule has 0 saturated carbocycles. The largest absolute Gasteiger partial charge is 0.347 e. The lowest BCUT2D eigenvalue weighted by atomic mass is 9.82. The molecule has 0 N–H and O–H groups in total. The fourth-order valence-corrected chi connectivity index (χ4v) is 1.69. The Kier molecular flexibility index (Phi) is 6.39. The van der Waals surface area contributed by atoms with E-state index in [1.54, 1.807) is 14.1 Å². The van der Waals surface area contributed by atoms with Crippen molar-refractivity contribution in [2.75, 3.05) is 27.2 Å². The fourth-order valence-electron chi connectivity index (χ4n) is 1.69. The summed E-state index contributed by atoms with van der Waals surface area (Å²) in [5, 5.41) is 9.24. The highest BCUT2D eigenvalue weighted by atomic mass is 16.2. The summed E-state index contributed by atoms with van der Waals surface area (Å²) in [5.41, 5.74) is -0.997. The maximum Gasteiger partial charge on any atom is 0.243 e. The summed E-state index contributed by atoms with van der Waals surface area (Å²) in [6.07, 6.45) is 0.928. The van der Waals surface area contributed by atoms with Gasteiger partial charge in [-0.05, 0) is 19.8 Å². The van der Waals surface area contributed by atoms with Crippen molar-refractivity contribution in [2.24, 2.45) is 5.41 Å². The van der Waals surface area contributed by atoms with E-state index in [9.17, 15) is 14.9 Å². The number of amides is 2. The van der Waals surface area contributed by atoms with E-state index in [0.29, 0.717) is 19.4 Å². The predicted molar refractivity (Wildman–Crippen MR) is 69.6 cm³/mol. The molecule has 0 atom stereocenters. The maximum atomic E-state index is 12.4. The molecule has 0 radical (unpaired) electrons. The topological polar surface area (TPSA) is 64.4 Å². The van der Waals surface area contributed by atoms with Crippen LogP contribution in [0.15, 0.2) is 0 Å². The number of hydrogen-bond donors (Lipinski definition) is 0. The van der Waals surface area contributed by atoms with Crippen molar-refractivity contribution in [3.63, 3.8) is 0 Å². The van der Waals surface area contributed by atoms with Crippen LogP contribution in [0.4, 0.5) is 0 Å². The minimum absolute atomic E-state index is 0.0335. The molecular formula is C13H23N3O2. The van der Waals surface area contributed by atoms with Gasteiger partial charge in [0.2, 0.25) is 11.8 Å². The standard InChI is InChI=1S/C13H23N3O2/c1-6-13(7-2,10-14)12(18)16(8-3)9-11(17)15(4)5/h6-9H2,1-5H3. The lowest BCUT2D eigenvalue weighted by Crippen LogP contribution is -2.47. The van der Waals surface area contributed by atoms with E-state index in [2.05, 4.69) is 6.07 Å². The Morgan fingerprint density at radius 2 is 1.67 bits per heavy atom. The van der Waals surface area contributed by atoms with Crippen LogP contribution in [0.25, 0.3) is 0 Å².